The summed E-state index contributed by atoms with van der Waals surface area (Å²) < 4.78 is 5.54. The van der Waals surface area contributed by atoms with Crippen LogP contribution >= 0.6 is 0 Å². The summed E-state index contributed by atoms with van der Waals surface area (Å²) in [5.41, 5.74) is 6.26. The van der Waals surface area contributed by atoms with Gasteiger partial charge in [-0.3, -0.25) is 20.0 Å². The molecule has 3 unspecified atom stereocenters. The molecule has 6 rings (SSSR count). The molecule has 2 bridgehead atoms. The van der Waals surface area contributed by atoms with Gasteiger partial charge in [0, 0.05) is 50.4 Å². The number of fused-ring (bicyclic) bond motifs is 2. The first-order valence-corrected chi connectivity index (χ1v) is 13.1. The minimum absolute atomic E-state index is 0.0179. The van der Waals surface area contributed by atoms with Gasteiger partial charge in [-0.2, -0.15) is 0 Å². The smallest absolute Gasteiger partial charge is 0.265 e. The highest BCUT2D eigenvalue weighted by molar-refractivity contribution is 5.93. The van der Waals surface area contributed by atoms with Crippen LogP contribution < -0.4 is 10.2 Å². The standard InChI is InChI=1S/C29H38N4O2/c1-3-15-33-25-19-26(33)21-31(20-25)28(24-9-8-10-27(18-24)35-2)22-11-13-23(14-12-22)29(34)30-32-16-6-4-5-7-17-32/h3,8-14,18,25-26,28H,1,4-7,15-17,19-21H2,2H3,(H,30,34). The number of carbonyl (C=O) groups is 1. The van der Waals surface area contributed by atoms with Crippen molar-refractivity contribution >= 4 is 5.91 Å². The largest absolute Gasteiger partial charge is 0.497 e. The molecule has 2 aromatic rings. The molecule has 4 heterocycles. The average Bonchev–Trinajstić information content (AvgIpc) is 3.16. The zero-order valence-electron chi connectivity index (χ0n) is 20.9. The Hall–Kier alpha value is -2.67. The Morgan fingerprint density at radius 2 is 1.77 bits per heavy atom. The number of piperazine rings is 1. The number of carbonyl (C=O) groups excluding carboxylic acids is 1. The number of piperidine rings is 1. The Morgan fingerprint density at radius 3 is 2.43 bits per heavy atom. The minimum atomic E-state index is -0.0179. The second-order valence-corrected chi connectivity index (χ2v) is 10.1. The second kappa shape index (κ2) is 10.9. The first-order chi connectivity index (χ1) is 17.2. The SMILES string of the molecule is C=CCN1C2CC1CN(C(c1ccc(C(=O)NN3CCCCCC3)cc1)c1cccc(OC)c1)C2. The van der Waals surface area contributed by atoms with Crippen LogP contribution in [0.15, 0.2) is 61.2 Å². The number of hydrogen-bond donors (Lipinski definition) is 1. The van der Waals surface area contributed by atoms with Crippen LogP contribution in [0.25, 0.3) is 0 Å². The van der Waals surface area contributed by atoms with Crippen LogP contribution in [0.2, 0.25) is 0 Å². The van der Waals surface area contributed by atoms with Crippen LogP contribution in [-0.4, -0.2) is 72.6 Å². The predicted octanol–water partition coefficient (Wildman–Crippen LogP) is 4.25. The van der Waals surface area contributed by atoms with Crippen LogP contribution in [-0.2, 0) is 0 Å². The Labute approximate surface area is 209 Å². The van der Waals surface area contributed by atoms with Gasteiger partial charge in [0.15, 0.2) is 0 Å². The molecule has 4 saturated heterocycles. The van der Waals surface area contributed by atoms with Crippen molar-refractivity contribution in [2.24, 2.45) is 0 Å². The second-order valence-electron chi connectivity index (χ2n) is 10.1. The Kier molecular flexibility index (Phi) is 7.51. The molecule has 0 radical (unpaired) electrons. The summed E-state index contributed by atoms with van der Waals surface area (Å²) in [5, 5.41) is 2.08. The quantitative estimate of drug-likeness (QED) is 0.580. The molecule has 1 N–H and O–H groups in total. The highest BCUT2D eigenvalue weighted by Gasteiger charge is 2.45. The van der Waals surface area contributed by atoms with Crippen LogP contribution in [0.3, 0.4) is 0 Å². The summed E-state index contributed by atoms with van der Waals surface area (Å²) in [6, 6.07) is 17.9. The third-order valence-corrected chi connectivity index (χ3v) is 7.84. The molecule has 3 atom stereocenters. The van der Waals surface area contributed by atoms with Crippen molar-refractivity contribution in [1.82, 2.24) is 20.2 Å². The molecule has 4 aliphatic rings. The topological polar surface area (TPSA) is 48.0 Å². The molecule has 0 aromatic heterocycles. The van der Waals surface area contributed by atoms with Crippen molar-refractivity contribution in [2.45, 2.75) is 50.2 Å². The molecule has 6 nitrogen and oxygen atoms in total. The van der Waals surface area contributed by atoms with Crippen molar-refractivity contribution in [1.29, 1.82) is 0 Å². The van der Waals surface area contributed by atoms with Gasteiger partial charge in [-0.1, -0.05) is 43.2 Å². The number of rotatable bonds is 8. The summed E-state index contributed by atoms with van der Waals surface area (Å²) in [7, 11) is 1.72. The van der Waals surface area contributed by atoms with Gasteiger partial charge in [0.25, 0.3) is 5.91 Å². The summed E-state index contributed by atoms with van der Waals surface area (Å²) in [6.45, 7) is 8.83. The van der Waals surface area contributed by atoms with E-state index >= 15 is 0 Å². The number of ether oxygens (including phenoxy) is 1. The lowest BCUT2D eigenvalue weighted by molar-refractivity contribution is -0.0706. The molecule has 2 aromatic carbocycles. The van der Waals surface area contributed by atoms with E-state index in [-0.39, 0.29) is 11.9 Å². The fraction of sp³-hybridized carbons (Fsp3) is 0.483. The first-order valence-electron chi connectivity index (χ1n) is 13.1. The van der Waals surface area contributed by atoms with Gasteiger partial charge in [-0.05, 0) is 54.7 Å². The average molecular weight is 475 g/mol. The van der Waals surface area contributed by atoms with Crippen LogP contribution in [0, 0.1) is 0 Å². The lowest BCUT2D eigenvalue weighted by Crippen LogP contribution is -2.68. The van der Waals surface area contributed by atoms with Crippen molar-refractivity contribution in [2.75, 3.05) is 39.8 Å². The minimum Gasteiger partial charge on any atom is -0.497 e. The maximum Gasteiger partial charge on any atom is 0.265 e. The van der Waals surface area contributed by atoms with Gasteiger partial charge in [-0.15, -0.1) is 6.58 Å². The van der Waals surface area contributed by atoms with Crippen LogP contribution in [0.1, 0.15) is 59.6 Å². The molecule has 4 aliphatic heterocycles. The first kappa shape index (κ1) is 24.0. The van der Waals surface area contributed by atoms with Gasteiger partial charge < -0.3 is 4.74 Å². The molecule has 186 valence electrons. The van der Waals surface area contributed by atoms with E-state index in [2.05, 4.69) is 57.1 Å². The van der Waals surface area contributed by atoms with E-state index in [0.29, 0.717) is 17.6 Å². The zero-order valence-corrected chi connectivity index (χ0v) is 20.9. The van der Waals surface area contributed by atoms with Crippen LogP contribution in [0.4, 0.5) is 0 Å². The number of hydrazine groups is 1. The van der Waals surface area contributed by atoms with Crippen molar-refractivity contribution in [3.05, 3.63) is 77.9 Å². The third-order valence-electron chi connectivity index (χ3n) is 7.84. The van der Waals surface area contributed by atoms with Gasteiger partial charge in [-0.25, -0.2) is 5.01 Å². The normalized spacial score (nSPS) is 24.1. The Bertz CT molecular complexity index is 1000. The molecule has 0 spiro atoms. The molecule has 0 aliphatic carbocycles. The van der Waals surface area contributed by atoms with Crippen LogP contribution in [0.5, 0.6) is 5.75 Å². The van der Waals surface area contributed by atoms with Gasteiger partial charge in [0.1, 0.15) is 5.75 Å². The van der Waals surface area contributed by atoms with E-state index in [4.69, 9.17) is 4.74 Å². The highest BCUT2D eigenvalue weighted by Crippen LogP contribution is 2.39. The number of nitrogens with one attached hydrogen (secondary N) is 1. The lowest BCUT2D eigenvalue weighted by atomic mass is 9.84. The molecule has 4 fully saturated rings. The van der Waals surface area contributed by atoms with Gasteiger partial charge in [0.05, 0.1) is 13.2 Å². The van der Waals surface area contributed by atoms with E-state index in [9.17, 15) is 4.79 Å². The summed E-state index contributed by atoms with van der Waals surface area (Å²) in [6.07, 6.45) is 8.06. The fourth-order valence-electron chi connectivity index (χ4n) is 6.01. The van der Waals surface area contributed by atoms with E-state index < -0.39 is 0 Å². The number of amides is 1. The zero-order chi connectivity index (χ0) is 24.2. The number of benzene rings is 2. The number of methoxy groups -OCH3 is 1. The molecule has 1 amide bonds. The predicted molar refractivity (Wildman–Crippen MR) is 139 cm³/mol. The monoisotopic (exact) mass is 474 g/mol. The molecular formula is C29H38N4O2. The van der Waals surface area contributed by atoms with Gasteiger partial charge >= 0.3 is 0 Å². The fourth-order valence-corrected chi connectivity index (χ4v) is 6.01. The lowest BCUT2D eigenvalue weighted by Gasteiger charge is -2.57. The molecular weight excluding hydrogens is 436 g/mol. The third kappa shape index (κ3) is 5.30. The molecule has 0 saturated carbocycles. The maximum absolute atomic E-state index is 12.9. The van der Waals surface area contributed by atoms with Crippen molar-refractivity contribution in [3.8, 4) is 5.75 Å². The van der Waals surface area contributed by atoms with Gasteiger partial charge in [0.2, 0.25) is 0 Å². The number of nitrogens with zero attached hydrogens (tertiary/aromatic N) is 3. The molecule has 35 heavy (non-hydrogen) atoms. The van der Waals surface area contributed by atoms with E-state index in [1.165, 1.54) is 30.4 Å². The highest BCUT2D eigenvalue weighted by atomic mass is 16.5. The van der Waals surface area contributed by atoms with E-state index in [1.807, 2.05) is 24.3 Å². The van der Waals surface area contributed by atoms with Crippen molar-refractivity contribution < 1.29 is 9.53 Å². The number of hydrogen-bond acceptors (Lipinski definition) is 5. The van der Waals surface area contributed by atoms with E-state index in [1.54, 1.807) is 7.11 Å². The van der Waals surface area contributed by atoms with E-state index in [0.717, 1.165) is 51.3 Å². The van der Waals surface area contributed by atoms with Crippen molar-refractivity contribution in [3.63, 3.8) is 0 Å². The summed E-state index contributed by atoms with van der Waals surface area (Å²) >= 11 is 0. The Balaban J connectivity index is 1.36. The Morgan fingerprint density at radius 1 is 1.06 bits per heavy atom. The molecule has 6 heteroatoms. The maximum atomic E-state index is 12.9. The summed E-state index contributed by atoms with van der Waals surface area (Å²) in [4.78, 5) is 18.1. The summed E-state index contributed by atoms with van der Waals surface area (Å²) in [5.74, 6) is 0.854.